The SMILES string of the molecule is CC(C)C(=O)O[C@H]1[C@H](C)[C@H](n2ccc(N)nc2=O)O[C@@]1(CO)N=[N+]=[N-].COc1ccc(C(Nc2ccn([C@@H]3O[C@@](COC(c4ccccc4)(c4ccccc4)c4ccc(OC)cc4)(N=[N+]=[N-])[C@@H](O)[C@@H]3C)c(=O)n2)(c2ccccc2)c2ccccc2)cc1. The molecule has 0 bridgehead atoms. The van der Waals surface area contributed by atoms with Gasteiger partial charge < -0.3 is 49.7 Å². The van der Waals surface area contributed by atoms with Crippen LogP contribution in [0.4, 0.5) is 11.6 Å². The maximum Gasteiger partial charge on any atom is 0.351 e. The number of rotatable bonds is 20. The summed E-state index contributed by atoms with van der Waals surface area (Å²) in [5.41, 5.74) is 22.0. The highest BCUT2D eigenvalue weighted by molar-refractivity contribution is 5.72. The first-order valence-corrected chi connectivity index (χ1v) is 27.9. The number of aliphatic hydroxyl groups is 2. The summed E-state index contributed by atoms with van der Waals surface area (Å²) in [5.74, 6) is -0.650. The summed E-state index contributed by atoms with van der Waals surface area (Å²) < 4.78 is 38.1. The molecule has 87 heavy (non-hydrogen) atoms. The summed E-state index contributed by atoms with van der Waals surface area (Å²) in [6, 6.07) is 57.6. The number of nitrogens with zero attached hydrogens (tertiary/aromatic N) is 10. The average molecular weight is 1180 g/mol. The monoisotopic (exact) mass is 1180 g/mol. The summed E-state index contributed by atoms with van der Waals surface area (Å²) in [6.07, 6.45) is -1.60. The Morgan fingerprint density at radius 3 is 1.54 bits per heavy atom. The van der Waals surface area contributed by atoms with Gasteiger partial charge in [0.25, 0.3) is 0 Å². The second kappa shape index (κ2) is 26.6. The Morgan fingerprint density at radius 1 is 0.655 bits per heavy atom. The molecule has 0 unspecified atom stereocenters. The quantitative estimate of drug-likeness (QED) is 0.0181. The molecular formula is C64H66N12O11. The number of benzene rings is 6. The van der Waals surface area contributed by atoms with E-state index in [0.717, 1.165) is 37.9 Å². The number of anilines is 2. The van der Waals surface area contributed by atoms with E-state index in [2.05, 4.69) is 35.3 Å². The zero-order chi connectivity index (χ0) is 61.9. The van der Waals surface area contributed by atoms with Crippen LogP contribution in [0, 0.1) is 17.8 Å². The lowest BCUT2D eigenvalue weighted by molar-refractivity contribution is -0.170. The second-order valence-corrected chi connectivity index (χ2v) is 21.2. The van der Waals surface area contributed by atoms with Crippen LogP contribution in [0.25, 0.3) is 20.9 Å². The maximum atomic E-state index is 14.2. The van der Waals surface area contributed by atoms with Crippen LogP contribution in [0.2, 0.25) is 0 Å². The third-order valence-corrected chi connectivity index (χ3v) is 15.6. The highest BCUT2D eigenvalue weighted by atomic mass is 16.6. The molecule has 0 saturated carbocycles. The highest BCUT2D eigenvalue weighted by Crippen LogP contribution is 2.48. The van der Waals surface area contributed by atoms with Gasteiger partial charge in [0.1, 0.15) is 52.8 Å². The van der Waals surface area contributed by atoms with E-state index in [1.807, 2.05) is 170 Å². The fourth-order valence-corrected chi connectivity index (χ4v) is 11.2. The smallest absolute Gasteiger partial charge is 0.351 e. The van der Waals surface area contributed by atoms with Crippen molar-refractivity contribution in [2.45, 2.75) is 74.9 Å². The molecule has 2 aromatic heterocycles. The van der Waals surface area contributed by atoms with Crippen LogP contribution in [0.5, 0.6) is 11.5 Å². The van der Waals surface area contributed by atoms with Gasteiger partial charge >= 0.3 is 17.3 Å². The molecule has 0 spiro atoms. The molecule has 0 radical (unpaired) electrons. The molecule has 8 atom stereocenters. The number of ether oxygens (including phenoxy) is 6. The molecule has 2 aliphatic heterocycles. The zero-order valence-electron chi connectivity index (χ0n) is 48.5. The van der Waals surface area contributed by atoms with Crippen molar-refractivity contribution in [3.63, 3.8) is 0 Å². The first kappa shape index (κ1) is 61.7. The Kier molecular flexibility index (Phi) is 18.9. The van der Waals surface area contributed by atoms with E-state index in [4.69, 9.17) is 39.7 Å². The van der Waals surface area contributed by atoms with Gasteiger partial charge in [0, 0.05) is 34.1 Å². The number of carbonyl (C=O) groups is 1. The Bertz CT molecular complexity index is 3770. The Labute approximate surface area is 500 Å². The standard InChI is InChI=1S/C50H46N6O6.C14H20N6O5/c1-35-45(57)48(54-55-51,34-61-50(39-20-12-6-13-21-39,40-22-14-7-15-23-40)41-26-30-43(60-3)31-27-41)62-46(35)56-33-32-44(52-47(56)58)53-49(36-16-8-4-9-17-36,37-18-10-5-11-19-37)38-24-28-42(59-2)29-25-38;1-7(2)12(22)24-10-8(3)11(25-14(10,6-21)18-19-16)20-5-4-9(15)17-13(20)23/h4-33,35,45-46,57H,34H2,1-3H3,(H,52,53,58);4-5,7-8,10-11,21H,6H2,1-3H3,(H2,15,17,23)/t35-,45-,46+,48+;8-,10-,11+,14+/m00/s1. The molecule has 5 N–H and O–H groups in total. The van der Waals surface area contributed by atoms with Gasteiger partial charge in [-0.1, -0.05) is 184 Å². The first-order chi connectivity index (χ1) is 42.0. The molecular weight excluding hydrogens is 1110 g/mol. The molecule has 8 aromatic rings. The van der Waals surface area contributed by atoms with Crippen LogP contribution in [-0.4, -0.2) is 86.4 Å². The summed E-state index contributed by atoms with van der Waals surface area (Å²) in [5, 5.41) is 33.0. The minimum absolute atomic E-state index is 0.0400. The van der Waals surface area contributed by atoms with Crippen LogP contribution in [0.1, 0.15) is 73.5 Å². The second-order valence-electron chi connectivity index (χ2n) is 21.2. The number of carbonyl (C=O) groups excluding carboxylic acids is 1. The van der Waals surface area contributed by atoms with Crippen LogP contribution in [-0.2, 0) is 34.9 Å². The summed E-state index contributed by atoms with van der Waals surface area (Å²) in [7, 11) is 3.22. The molecule has 2 saturated heterocycles. The Balaban J connectivity index is 0.000000302. The van der Waals surface area contributed by atoms with Crippen molar-refractivity contribution in [3.05, 3.63) is 270 Å². The van der Waals surface area contributed by atoms with Gasteiger partial charge in [-0.2, -0.15) is 9.97 Å². The van der Waals surface area contributed by atoms with E-state index in [1.54, 1.807) is 54.2 Å². The van der Waals surface area contributed by atoms with Crippen LogP contribution >= 0.6 is 0 Å². The van der Waals surface area contributed by atoms with Gasteiger partial charge in [-0.3, -0.25) is 13.9 Å². The number of aliphatic hydroxyl groups excluding tert-OH is 2. The lowest BCUT2D eigenvalue weighted by Gasteiger charge is -2.39. The molecule has 0 aliphatic carbocycles. The van der Waals surface area contributed by atoms with E-state index in [1.165, 1.54) is 16.8 Å². The highest BCUT2D eigenvalue weighted by Gasteiger charge is 2.57. The molecule has 10 rings (SSSR count). The number of aromatic nitrogens is 4. The van der Waals surface area contributed by atoms with Crippen molar-refractivity contribution in [2.24, 2.45) is 28.0 Å². The molecule has 2 fully saturated rings. The van der Waals surface area contributed by atoms with E-state index in [9.17, 15) is 30.1 Å². The molecule has 0 amide bonds. The van der Waals surface area contributed by atoms with E-state index >= 15 is 0 Å². The van der Waals surface area contributed by atoms with Crippen molar-refractivity contribution in [3.8, 4) is 11.5 Å². The lowest BCUT2D eigenvalue weighted by atomic mass is 9.77. The van der Waals surface area contributed by atoms with Gasteiger partial charge in [-0.05, 0) is 80.8 Å². The first-order valence-electron chi connectivity index (χ1n) is 27.9. The lowest BCUT2D eigenvalue weighted by Crippen LogP contribution is -2.47. The van der Waals surface area contributed by atoms with Gasteiger partial charge in [0.15, 0.2) is 5.72 Å². The van der Waals surface area contributed by atoms with Gasteiger partial charge in [0.05, 0.1) is 39.5 Å². The van der Waals surface area contributed by atoms with Crippen molar-refractivity contribution in [1.82, 2.24) is 19.1 Å². The molecule has 23 heteroatoms. The topological polar surface area (TPSA) is 318 Å². The maximum absolute atomic E-state index is 14.2. The molecule has 448 valence electrons. The summed E-state index contributed by atoms with van der Waals surface area (Å²) >= 11 is 0. The zero-order valence-corrected chi connectivity index (χ0v) is 48.5. The minimum Gasteiger partial charge on any atom is -0.497 e. The van der Waals surface area contributed by atoms with Crippen LogP contribution < -0.4 is 31.9 Å². The van der Waals surface area contributed by atoms with E-state index in [-0.39, 0.29) is 5.82 Å². The largest absolute Gasteiger partial charge is 0.497 e. The summed E-state index contributed by atoms with van der Waals surface area (Å²) in [6.45, 7) is 5.54. The number of nitrogens with two attached hydrogens (primary N) is 1. The van der Waals surface area contributed by atoms with E-state index < -0.39 is 95.6 Å². The van der Waals surface area contributed by atoms with Crippen LogP contribution in [0.15, 0.2) is 214 Å². The van der Waals surface area contributed by atoms with Crippen molar-refractivity contribution >= 4 is 17.6 Å². The predicted octanol–water partition coefficient (Wildman–Crippen LogP) is 9.76. The number of nitrogen functional groups attached to an aromatic ring is 1. The van der Waals surface area contributed by atoms with Gasteiger partial charge in [0.2, 0.25) is 5.72 Å². The normalized spacial score (nSPS) is 21.5. The predicted molar refractivity (Wildman–Crippen MR) is 323 cm³/mol. The molecule has 2 aliphatic rings. The number of methoxy groups -OCH3 is 2. The average Bonchev–Trinajstić information content (AvgIpc) is 2.48. The summed E-state index contributed by atoms with van der Waals surface area (Å²) in [4.78, 5) is 52.3. The van der Waals surface area contributed by atoms with Gasteiger partial charge in [-0.25, -0.2) is 9.59 Å². The number of esters is 1. The third-order valence-electron chi connectivity index (χ3n) is 15.6. The Hall–Kier alpha value is -9.83. The number of hydrogen-bond donors (Lipinski definition) is 4. The molecule has 6 aromatic carbocycles. The number of hydrogen-bond acceptors (Lipinski definition) is 17. The minimum atomic E-state index is -1.96. The third kappa shape index (κ3) is 12.2. The fraction of sp³-hybridized carbons (Fsp3) is 0.297. The van der Waals surface area contributed by atoms with Crippen molar-refractivity contribution < 1.29 is 43.4 Å². The van der Waals surface area contributed by atoms with Gasteiger partial charge in [-0.15, -0.1) is 0 Å². The van der Waals surface area contributed by atoms with Crippen LogP contribution in [0.3, 0.4) is 0 Å². The molecule has 4 heterocycles. The molecule has 23 nitrogen and oxygen atoms in total. The fourth-order valence-electron chi connectivity index (χ4n) is 11.2. The van der Waals surface area contributed by atoms with E-state index in [0.29, 0.717) is 17.3 Å². The van der Waals surface area contributed by atoms with Crippen molar-refractivity contribution in [2.75, 3.05) is 38.5 Å². The van der Waals surface area contributed by atoms with Crippen molar-refractivity contribution in [1.29, 1.82) is 0 Å². The Morgan fingerprint density at radius 2 is 1.08 bits per heavy atom. The number of nitrogens with one attached hydrogen (secondary N) is 1. The number of azide groups is 2.